The quantitative estimate of drug-likeness (QED) is 0.868. The number of anilines is 1. The van der Waals surface area contributed by atoms with E-state index in [9.17, 15) is 0 Å². The minimum atomic E-state index is 0.367. The van der Waals surface area contributed by atoms with Crippen molar-refractivity contribution in [2.24, 2.45) is 0 Å². The van der Waals surface area contributed by atoms with Crippen LogP contribution in [-0.2, 0) is 6.54 Å². The largest absolute Gasteiger partial charge is 0.366 e. The lowest BCUT2D eigenvalue weighted by atomic mass is 10.1. The van der Waals surface area contributed by atoms with Crippen LogP contribution in [0.3, 0.4) is 0 Å². The minimum absolute atomic E-state index is 0.367. The summed E-state index contributed by atoms with van der Waals surface area (Å²) in [6.45, 7) is 2.74. The normalized spacial score (nSPS) is 9.65. The van der Waals surface area contributed by atoms with Gasteiger partial charge in [0.25, 0.3) is 0 Å². The Balaban J connectivity index is 2.02. The predicted molar refractivity (Wildman–Crippen MR) is 65.3 cm³/mol. The van der Waals surface area contributed by atoms with E-state index in [1.54, 1.807) is 6.07 Å². The lowest BCUT2D eigenvalue weighted by Crippen LogP contribution is -2.02. The van der Waals surface area contributed by atoms with E-state index in [0.717, 1.165) is 0 Å². The number of nitrogens with zero attached hydrogens (tertiary/aromatic N) is 3. The zero-order valence-corrected chi connectivity index (χ0v) is 9.51. The van der Waals surface area contributed by atoms with Crippen molar-refractivity contribution in [3.63, 3.8) is 0 Å². The molecule has 1 aromatic carbocycles. The highest BCUT2D eigenvalue weighted by molar-refractivity contribution is 5.39. The summed E-state index contributed by atoms with van der Waals surface area (Å²) in [5.41, 5.74) is 2.78. The van der Waals surface area contributed by atoms with Crippen molar-refractivity contribution in [2.75, 3.05) is 5.32 Å². The standard InChI is InChI=1S/C13H12N4/c1-10-2-4-11(5-3-10)8-15-13-6-12(7-14)16-9-17-13/h2-6,9H,8H2,1H3,(H,15,16,17). The second-order valence-corrected chi connectivity index (χ2v) is 3.74. The summed E-state index contributed by atoms with van der Waals surface area (Å²) in [6.07, 6.45) is 1.38. The van der Waals surface area contributed by atoms with E-state index in [-0.39, 0.29) is 0 Å². The van der Waals surface area contributed by atoms with Gasteiger partial charge in [0, 0.05) is 12.6 Å². The molecule has 0 aliphatic heterocycles. The maximum atomic E-state index is 8.71. The van der Waals surface area contributed by atoms with Crippen molar-refractivity contribution < 1.29 is 0 Å². The third-order valence-corrected chi connectivity index (χ3v) is 2.38. The molecular weight excluding hydrogens is 212 g/mol. The van der Waals surface area contributed by atoms with Crippen molar-refractivity contribution >= 4 is 5.82 Å². The molecule has 0 amide bonds. The summed E-state index contributed by atoms with van der Waals surface area (Å²) in [6, 6.07) is 11.9. The van der Waals surface area contributed by atoms with Crippen LogP contribution in [0.25, 0.3) is 0 Å². The van der Waals surface area contributed by atoms with Crippen LogP contribution in [0.1, 0.15) is 16.8 Å². The number of rotatable bonds is 3. The summed E-state index contributed by atoms with van der Waals surface area (Å²) >= 11 is 0. The van der Waals surface area contributed by atoms with Crippen LogP contribution in [0.15, 0.2) is 36.7 Å². The van der Waals surface area contributed by atoms with Gasteiger partial charge in [-0.3, -0.25) is 0 Å². The molecule has 1 heterocycles. The average molecular weight is 224 g/mol. The molecule has 0 aliphatic carbocycles. The number of hydrogen-bond acceptors (Lipinski definition) is 4. The van der Waals surface area contributed by atoms with Gasteiger partial charge in [-0.1, -0.05) is 29.8 Å². The smallest absolute Gasteiger partial charge is 0.145 e. The van der Waals surface area contributed by atoms with E-state index in [1.165, 1.54) is 17.5 Å². The molecule has 84 valence electrons. The molecule has 0 unspecified atom stereocenters. The Morgan fingerprint density at radius 3 is 2.71 bits per heavy atom. The first-order valence-electron chi connectivity index (χ1n) is 5.29. The van der Waals surface area contributed by atoms with Crippen LogP contribution in [0, 0.1) is 18.3 Å². The van der Waals surface area contributed by atoms with E-state index in [2.05, 4.69) is 46.5 Å². The van der Waals surface area contributed by atoms with Crippen molar-refractivity contribution in [3.05, 3.63) is 53.5 Å². The first-order chi connectivity index (χ1) is 8.28. The number of nitrogens with one attached hydrogen (secondary N) is 1. The van der Waals surface area contributed by atoms with Crippen molar-refractivity contribution in [1.82, 2.24) is 9.97 Å². The van der Waals surface area contributed by atoms with Crippen LogP contribution < -0.4 is 5.32 Å². The van der Waals surface area contributed by atoms with Crippen LogP contribution >= 0.6 is 0 Å². The van der Waals surface area contributed by atoms with Gasteiger partial charge in [0.15, 0.2) is 0 Å². The molecule has 0 saturated carbocycles. The Morgan fingerprint density at radius 2 is 2.00 bits per heavy atom. The number of aromatic nitrogens is 2. The Kier molecular flexibility index (Phi) is 3.31. The molecule has 1 aromatic heterocycles. The van der Waals surface area contributed by atoms with Crippen molar-refractivity contribution in [1.29, 1.82) is 5.26 Å². The molecule has 2 rings (SSSR count). The highest BCUT2D eigenvalue weighted by Gasteiger charge is 1.97. The average Bonchev–Trinajstić information content (AvgIpc) is 2.38. The monoisotopic (exact) mass is 224 g/mol. The highest BCUT2D eigenvalue weighted by Crippen LogP contribution is 2.07. The van der Waals surface area contributed by atoms with E-state index in [1.807, 2.05) is 6.07 Å². The number of hydrogen-bond donors (Lipinski definition) is 1. The van der Waals surface area contributed by atoms with E-state index in [4.69, 9.17) is 5.26 Å². The first kappa shape index (κ1) is 11.1. The molecule has 0 fully saturated rings. The Labute approximate surface area is 100.0 Å². The molecule has 0 radical (unpaired) electrons. The van der Waals surface area contributed by atoms with Crippen LogP contribution in [-0.4, -0.2) is 9.97 Å². The van der Waals surface area contributed by atoms with Crippen LogP contribution in [0.2, 0.25) is 0 Å². The summed E-state index contributed by atoms with van der Waals surface area (Å²) in [7, 11) is 0. The van der Waals surface area contributed by atoms with Crippen LogP contribution in [0.4, 0.5) is 5.82 Å². The molecule has 4 heteroatoms. The Morgan fingerprint density at radius 1 is 1.24 bits per heavy atom. The summed E-state index contributed by atoms with van der Waals surface area (Å²) in [4.78, 5) is 7.86. The fraction of sp³-hybridized carbons (Fsp3) is 0.154. The number of benzene rings is 1. The molecule has 17 heavy (non-hydrogen) atoms. The van der Waals surface area contributed by atoms with E-state index < -0.39 is 0 Å². The third kappa shape index (κ3) is 3.02. The van der Waals surface area contributed by atoms with Gasteiger partial charge < -0.3 is 5.32 Å². The molecule has 0 aliphatic rings. The SMILES string of the molecule is Cc1ccc(CNc2cc(C#N)ncn2)cc1. The van der Waals surface area contributed by atoms with Gasteiger partial charge >= 0.3 is 0 Å². The highest BCUT2D eigenvalue weighted by atomic mass is 15.0. The maximum Gasteiger partial charge on any atom is 0.145 e. The molecule has 0 spiro atoms. The van der Waals surface area contributed by atoms with Gasteiger partial charge in [0.05, 0.1) is 0 Å². The third-order valence-electron chi connectivity index (χ3n) is 2.38. The summed E-state index contributed by atoms with van der Waals surface area (Å²) < 4.78 is 0. The lowest BCUT2D eigenvalue weighted by molar-refractivity contribution is 1.07. The van der Waals surface area contributed by atoms with Crippen molar-refractivity contribution in [2.45, 2.75) is 13.5 Å². The van der Waals surface area contributed by atoms with Crippen molar-refractivity contribution in [3.8, 4) is 6.07 Å². The second-order valence-electron chi connectivity index (χ2n) is 3.74. The van der Waals surface area contributed by atoms with Gasteiger partial charge in [-0.25, -0.2) is 9.97 Å². The predicted octanol–water partition coefficient (Wildman–Crippen LogP) is 2.27. The number of nitriles is 1. The number of aryl methyl sites for hydroxylation is 1. The second kappa shape index (κ2) is 5.08. The molecule has 0 saturated heterocycles. The molecule has 4 nitrogen and oxygen atoms in total. The topological polar surface area (TPSA) is 61.6 Å². The maximum absolute atomic E-state index is 8.71. The van der Waals surface area contributed by atoms with Gasteiger partial charge in [-0.15, -0.1) is 0 Å². The fourth-order valence-corrected chi connectivity index (χ4v) is 1.41. The first-order valence-corrected chi connectivity index (χ1v) is 5.29. The zero-order valence-electron chi connectivity index (χ0n) is 9.51. The van der Waals surface area contributed by atoms with Gasteiger partial charge in [-0.2, -0.15) is 5.26 Å². The van der Waals surface area contributed by atoms with Gasteiger partial charge in [0.1, 0.15) is 23.9 Å². The van der Waals surface area contributed by atoms with E-state index >= 15 is 0 Å². The fourth-order valence-electron chi connectivity index (χ4n) is 1.41. The van der Waals surface area contributed by atoms with Gasteiger partial charge in [0.2, 0.25) is 0 Å². The summed E-state index contributed by atoms with van der Waals surface area (Å²) in [5.74, 6) is 0.664. The molecule has 1 N–H and O–H groups in total. The lowest BCUT2D eigenvalue weighted by Gasteiger charge is -2.05. The Bertz CT molecular complexity index is 540. The molecule has 0 bridgehead atoms. The molecule has 0 atom stereocenters. The Hall–Kier alpha value is -2.41. The molecular formula is C13H12N4. The van der Waals surface area contributed by atoms with Crippen LogP contribution in [0.5, 0.6) is 0 Å². The summed E-state index contributed by atoms with van der Waals surface area (Å²) in [5, 5.41) is 11.9. The van der Waals surface area contributed by atoms with E-state index in [0.29, 0.717) is 18.1 Å². The minimum Gasteiger partial charge on any atom is -0.366 e. The zero-order chi connectivity index (χ0) is 12.1. The molecule has 2 aromatic rings. The van der Waals surface area contributed by atoms with Gasteiger partial charge in [-0.05, 0) is 12.5 Å².